The van der Waals surface area contributed by atoms with Crippen LogP contribution in [0, 0.1) is 23.0 Å². The van der Waals surface area contributed by atoms with Crippen LogP contribution in [0.4, 0.5) is 14.5 Å². The van der Waals surface area contributed by atoms with E-state index in [1.54, 1.807) is 0 Å². The molecule has 0 aliphatic rings. The van der Waals surface area contributed by atoms with E-state index in [4.69, 9.17) is 11.0 Å². The number of anilines is 1. The summed E-state index contributed by atoms with van der Waals surface area (Å²) < 4.78 is 50.8. The van der Waals surface area contributed by atoms with Crippen LogP contribution in [0.3, 0.4) is 0 Å². The fraction of sp³-hybridized carbons (Fsp3) is 0.0714. The zero-order valence-corrected chi connectivity index (χ0v) is 11.5. The Morgan fingerprint density at radius 2 is 1.90 bits per heavy atom. The standard InChI is InChI=1S/C14H10F2N2O2S/c15-10-4-5-14(12(16)6-10)21(19,20)8-9-2-1-3-13(18)11(9)7-17/h1-6H,8,18H2. The van der Waals surface area contributed by atoms with E-state index in [2.05, 4.69) is 0 Å². The van der Waals surface area contributed by atoms with Crippen molar-refractivity contribution in [3.8, 4) is 6.07 Å². The van der Waals surface area contributed by atoms with E-state index in [1.807, 2.05) is 6.07 Å². The lowest BCUT2D eigenvalue weighted by molar-refractivity contribution is 0.549. The van der Waals surface area contributed by atoms with Gasteiger partial charge in [0.05, 0.1) is 11.3 Å². The first-order valence-electron chi connectivity index (χ1n) is 5.80. The molecule has 0 unspecified atom stereocenters. The quantitative estimate of drug-likeness (QED) is 0.697. The van der Waals surface area contributed by atoms with Gasteiger partial charge in [-0.2, -0.15) is 5.26 Å². The van der Waals surface area contributed by atoms with Crippen molar-refractivity contribution >= 4 is 15.5 Å². The molecule has 2 aromatic carbocycles. The molecule has 21 heavy (non-hydrogen) atoms. The van der Waals surface area contributed by atoms with Crippen LogP contribution in [0.15, 0.2) is 41.3 Å². The molecule has 0 saturated carbocycles. The molecule has 0 amide bonds. The largest absolute Gasteiger partial charge is 0.398 e. The topological polar surface area (TPSA) is 83.9 Å². The Kier molecular flexibility index (Phi) is 3.91. The number of nitriles is 1. The van der Waals surface area contributed by atoms with Crippen LogP contribution in [0.5, 0.6) is 0 Å². The van der Waals surface area contributed by atoms with Gasteiger partial charge in [0.2, 0.25) is 0 Å². The molecule has 0 aliphatic carbocycles. The zero-order valence-electron chi connectivity index (χ0n) is 10.7. The van der Waals surface area contributed by atoms with E-state index in [-0.39, 0.29) is 16.8 Å². The molecule has 0 atom stereocenters. The summed E-state index contributed by atoms with van der Waals surface area (Å²) in [6.07, 6.45) is 0. The minimum atomic E-state index is -4.06. The van der Waals surface area contributed by atoms with Crippen molar-refractivity contribution < 1.29 is 17.2 Å². The predicted molar refractivity (Wildman–Crippen MR) is 72.8 cm³/mol. The lowest BCUT2D eigenvalue weighted by Gasteiger charge is -2.08. The number of nitrogen functional groups attached to an aromatic ring is 1. The molecule has 2 aromatic rings. The van der Waals surface area contributed by atoms with E-state index < -0.39 is 32.1 Å². The number of hydrogen-bond donors (Lipinski definition) is 1. The van der Waals surface area contributed by atoms with Crippen LogP contribution < -0.4 is 5.73 Å². The first kappa shape index (κ1) is 14.9. The van der Waals surface area contributed by atoms with Gasteiger partial charge in [0.25, 0.3) is 0 Å². The van der Waals surface area contributed by atoms with Crippen molar-refractivity contribution in [2.24, 2.45) is 0 Å². The van der Waals surface area contributed by atoms with E-state index in [0.29, 0.717) is 6.07 Å². The Bertz CT molecular complexity index is 843. The normalized spacial score (nSPS) is 11.1. The van der Waals surface area contributed by atoms with Gasteiger partial charge in [-0.1, -0.05) is 12.1 Å². The molecule has 0 bridgehead atoms. The van der Waals surface area contributed by atoms with Crippen molar-refractivity contribution in [2.75, 3.05) is 5.73 Å². The monoisotopic (exact) mass is 308 g/mol. The molecule has 108 valence electrons. The van der Waals surface area contributed by atoms with Gasteiger partial charge in [-0.3, -0.25) is 0 Å². The maximum absolute atomic E-state index is 13.6. The molecule has 0 saturated heterocycles. The Morgan fingerprint density at radius 1 is 1.19 bits per heavy atom. The van der Waals surface area contributed by atoms with Crippen molar-refractivity contribution in [1.82, 2.24) is 0 Å². The number of rotatable bonds is 3. The lowest BCUT2D eigenvalue weighted by atomic mass is 10.1. The number of halogens is 2. The fourth-order valence-corrected chi connectivity index (χ4v) is 3.32. The molecular formula is C14H10F2N2O2S. The molecular weight excluding hydrogens is 298 g/mol. The molecule has 2 rings (SSSR count). The van der Waals surface area contributed by atoms with E-state index in [1.165, 1.54) is 18.2 Å². The van der Waals surface area contributed by atoms with Crippen molar-refractivity contribution in [1.29, 1.82) is 5.26 Å². The van der Waals surface area contributed by atoms with Gasteiger partial charge in [-0.15, -0.1) is 0 Å². The third-order valence-corrected chi connectivity index (χ3v) is 4.56. The van der Waals surface area contributed by atoms with Crippen LogP contribution in [-0.2, 0) is 15.6 Å². The first-order chi connectivity index (χ1) is 9.85. The summed E-state index contributed by atoms with van der Waals surface area (Å²) in [5.74, 6) is -2.63. The van der Waals surface area contributed by atoms with Gasteiger partial charge < -0.3 is 5.73 Å². The molecule has 0 fully saturated rings. The molecule has 0 radical (unpaired) electrons. The highest BCUT2D eigenvalue weighted by atomic mass is 32.2. The summed E-state index contributed by atoms with van der Waals surface area (Å²) in [7, 11) is -4.06. The van der Waals surface area contributed by atoms with Gasteiger partial charge in [0, 0.05) is 11.8 Å². The van der Waals surface area contributed by atoms with Crippen LogP contribution >= 0.6 is 0 Å². The molecule has 4 nitrogen and oxygen atoms in total. The molecule has 0 aliphatic heterocycles. The van der Waals surface area contributed by atoms with Crippen molar-refractivity contribution in [2.45, 2.75) is 10.6 Å². The highest BCUT2D eigenvalue weighted by Gasteiger charge is 2.22. The third kappa shape index (κ3) is 3.01. The average molecular weight is 308 g/mol. The Balaban J connectivity index is 2.48. The number of nitrogens with zero attached hydrogens (tertiary/aromatic N) is 1. The minimum absolute atomic E-state index is 0.0311. The highest BCUT2D eigenvalue weighted by Crippen LogP contribution is 2.24. The Labute approximate surface area is 120 Å². The van der Waals surface area contributed by atoms with Crippen molar-refractivity contribution in [3.63, 3.8) is 0 Å². The van der Waals surface area contributed by atoms with Gasteiger partial charge in [0.1, 0.15) is 22.6 Å². The zero-order chi connectivity index (χ0) is 15.6. The SMILES string of the molecule is N#Cc1c(N)cccc1CS(=O)(=O)c1ccc(F)cc1F. The summed E-state index contributed by atoms with van der Waals surface area (Å²) in [5.41, 5.74) is 5.94. The molecule has 7 heteroatoms. The average Bonchev–Trinajstić information content (AvgIpc) is 2.38. The van der Waals surface area contributed by atoms with Crippen LogP contribution in [0.25, 0.3) is 0 Å². The number of benzene rings is 2. The van der Waals surface area contributed by atoms with Gasteiger partial charge >= 0.3 is 0 Å². The van der Waals surface area contributed by atoms with Crippen LogP contribution in [-0.4, -0.2) is 8.42 Å². The smallest absolute Gasteiger partial charge is 0.185 e. The summed E-state index contributed by atoms with van der Waals surface area (Å²) in [5, 5.41) is 9.01. The second-order valence-electron chi connectivity index (χ2n) is 4.33. The third-order valence-electron chi connectivity index (χ3n) is 2.87. The summed E-state index contributed by atoms with van der Waals surface area (Å²) in [4.78, 5) is -0.616. The molecule has 2 N–H and O–H groups in total. The van der Waals surface area contributed by atoms with E-state index in [9.17, 15) is 17.2 Å². The second-order valence-corrected chi connectivity index (χ2v) is 6.28. The van der Waals surface area contributed by atoms with Crippen molar-refractivity contribution in [3.05, 3.63) is 59.2 Å². The Morgan fingerprint density at radius 3 is 2.52 bits per heavy atom. The van der Waals surface area contributed by atoms with Crippen LogP contribution in [0.1, 0.15) is 11.1 Å². The van der Waals surface area contributed by atoms with E-state index in [0.717, 1.165) is 12.1 Å². The predicted octanol–water partition coefficient (Wildman–Crippen LogP) is 2.39. The maximum atomic E-state index is 13.6. The van der Waals surface area contributed by atoms with E-state index >= 15 is 0 Å². The number of sulfone groups is 1. The Hall–Kier alpha value is -2.46. The minimum Gasteiger partial charge on any atom is -0.398 e. The molecule has 0 spiro atoms. The lowest BCUT2D eigenvalue weighted by Crippen LogP contribution is -2.09. The summed E-state index contributed by atoms with van der Waals surface area (Å²) in [6.45, 7) is 0. The maximum Gasteiger partial charge on any atom is 0.185 e. The summed E-state index contributed by atoms with van der Waals surface area (Å²) in [6, 6.07) is 8.43. The van der Waals surface area contributed by atoms with Gasteiger partial charge in [-0.05, 0) is 23.8 Å². The van der Waals surface area contributed by atoms with Crippen LogP contribution in [0.2, 0.25) is 0 Å². The first-order valence-corrected chi connectivity index (χ1v) is 7.45. The van der Waals surface area contributed by atoms with Gasteiger partial charge in [-0.25, -0.2) is 17.2 Å². The fourth-order valence-electron chi connectivity index (χ4n) is 1.89. The molecule has 0 heterocycles. The number of hydrogen-bond acceptors (Lipinski definition) is 4. The van der Waals surface area contributed by atoms with Gasteiger partial charge in [0.15, 0.2) is 9.84 Å². The highest BCUT2D eigenvalue weighted by molar-refractivity contribution is 7.90. The summed E-state index contributed by atoms with van der Waals surface area (Å²) >= 11 is 0. The molecule has 0 aromatic heterocycles. The second kappa shape index (κ2) is 5.50. The number of nitrogens with two attached hydrogens (primary N) is 1.